The number of hydrogen-bond donors (Lipinski definition) is 1. The van der Waals surface area contributed by atoms with Crippen LogP contribution in [-0.2, 0) is 20.7 Å². The topological polar surface area (TPSA) is 106 Å². The van der Waals surface area contributed by atoms with Crippen molar-refractivity contribution in [1.82, 2.24) is 4.90 Å². The monoisotopic (exact) mass is 427 g/mol. The Morgan fingerprint density at radius 3 is 2.48 bits per heavy atom. The van der Waals surface area contributed by atoms with Crippen molar-refractivity contribution in [2.45, 2.75) is 57.0 Å². The van der Waals surface area contributed by atoms with Gasteiger partial charge in [0, 0.05) is 19.0 Å². The lowest BCUT2D eigenvalue weighted by Crippen LogP contribution is -2.50. The molecule has 1 aromatic rings. The van der Waals surface area contributed by atoms with Gasteiger partial charge in [-0.2, -0.15) is 5.26 Å². The van der Waals surface area contributed by atoms with E-state index >= 15 is 0 Å². The summed E-state index contributed by atoms with van der Waals surface area (Å²) in [5.41, 5.74) is 4.88. The first-order chi connectivity index (χ1) is 15.0. The van der Waals surface area contributed by atoms with Gasteiger partial charge in [0.25, 0.3) is 0 Å². The maximum atomic E-state index is 13.1. The molecule has 2 aliphatic rings. The molecule has 1 saturated heterocycles. The fourth-order valence-electron chi connectivity index (χ4n) is 4.91. The van der Waals surface area contributed by atoms with Gasteiger partial charge in [-0.1, -0.05) is 62.4 Å². The van der Waals surface area contributed by atoms with Crippen molar-refractivity contribution < 1.29 is 19.1 Å². The number of nitrogens with zero attached hydrogens (tertiary/aromatic N) is 2. The van der Waals surface area contributed by atoms with Crippen LogP contribution >= 0.6 is 0 Å². The summed E-state index contributed by atoms with van der Waals surface area (Å²) in [5, 5.41) is 10.3. The van der Waals surface area contributed by atoms with Gasteiger partial charge >= 0.3 is 6.09 Å². The molecule has 7 nitrogen and oxygen atoms in total. The molecule has 1 saturated carbocycles. The van der Waals surface area contributed by atoms with Crippen LogP contribution in [0.3, 0.4) is 0 Å². The van der Waals surface area contributed by atoms with Gasteiger partial charge in [0.1, 0.15) is 6.07 Å². The quantitative estimate of drug-likeness (QED) is 0.684. The summed E-state index contributed by atoms with van der Waals surface area (Å²) in [6.07, 6.45) is 5.85. The van der Waals surface area contributed by atoms with Crippen molar-refractivity contribution >= 4 is 12.0 Å². The zero-order valence-corrected chi connectivity index (χ0v) is 18.1. The summed E-state index contributed by atoms with van der Waals surface area (Å²) in [5.74, 6) is -0.0709. The molecule has 0 aromatic heterocycles. The van der Waals surface area contributed by atoms with E-state index in [-0.39, 0.29) is 18.2 Å². The van der Waals surface area contributed by atoms with Crippen molar-refractivity contribution in [3.8, 4) is 6.07 Å². The molecule has 7 heteroatoms. The number of nitrogens with two attached hydrogens (primary N) is 1. The molecule has 168 valence electrons. The number of rotatable bonds is 8. The highest BCUT2D eigenvalue weighted by molar-refractivity contribution is 5.79. The maximum absolute atomic E-state index is 13.1. The SMILES string of the molecule is N#C[C@@](CC(=O)N1CCOCC1)(OC(N)=O)C(Cc1ccccc1)CC1CCCCC1. The Kier molecular flexibility index (Phi) is 8.30. The van der Waals surface area contributed by atoms with Crippen LogP contribution in [0.15, 0.2) is 30.3 Å². The fourth-order valence-corrected chi connectivity index (χ4v) is 4.91. The molecule has 2 N–H and O–H groups in total. The largest absolute Gasteiger partial charge is 0.427 e. The molecule has 0 spiro atoms. The van der Waals surface area contributed by atoms with E-state index in [4.69, 9.17) is 15.2 Å². The lowest BCUT2D eigenvalue weighted by molar-refractivity contribution is -0.140. The number of carbonyl (C=O) groups excluding carboxylic acids is 2. The Morgan fingerprint density at radius 2 is 1.87 bits per heavy atom. The van der Waals surface area contributed by atoms with Crippen molar-refractivity contribution in [1.29, 1.82) is 5.26 Å². The van der Waals surface area contributed by atoms with Crippen molar-refractivity contribution in [3.05, 3.63) is 35.9 Å². The van der Waals surface area contributed by atoms with E-state index in [9.17, 15) is 14.9 Å². The third kappa shape index (κ3) is 6.44. The molecular weight excluding hydrogens is 394 g/mol. The molecule has 0 radical (unpaired) electrons. The summed E-state index contributed by atoms with van der Waals surface area (Å²) in [6.45, 7) is 1.89. The minimum Gasteiger partial charge on any atom is -0.427 e. The van der Waals surface area contributed by atoms with Gasteiger partial charge in [-0.3, -0.25) is 4.79 Å². The van der Waals surface area contributed by atoms with Gasteiger partial charge < -0.3 is 20.1 Å². The Bertz CT molecular complexity index is 767. The number of ether oxygens (including phenoxy) is 2. The van der Waals surface area contributed by atoms with E-state index in [2.05, 4.69) is 6.07 Å². The zero-order chi connectivity index (χ0) is 22.1. The van der Waals surface area contributed by atoms with E-state index in [1.165, 1.54) is 19.3 Å². The lowest BCUT2D eigenvalue weighted by atomic mass is 9.73. The predicted octanol–water partition coefficient (Wildman–Crippen LogP) is 3.42. The van der Waals surface area contributed by atoms with Crippen LogP contribution in [0.4, 0.5) is 4.79 Å². The van der Waals surface area contributed by atoms with Crippen LogP contribution < -0.4 is 5.73 Å². The minimum absolute atomic E-state index is 0.184. The number of morpholine rings is 1. The first-order valence-corrected chi connectivity index (χ1v) is 11.3. The minimum atomic E-state index is -1.59. The number of amides is 2. The van der Waals surface area contributed by atoms with Gasteiger partial charge in [-0.15, -0.1) is 0 Å². The molecule has 1 aliphatic carbocycles. The normalized spacial score (nSPS) is 20.3. The van der Waals surface area contributed by atoms with Crippen LogP contribution in [0, 0.1) is 23.2 Å². The van der Waals surface area contributed by atoms with Gasteiger partial charge in [0.2, 0.25) is 11.5 Å². The molecule has 1 aromatic carbocycles. The van der Waals surface area contributed by atoms with Gasteiger partial charge in [-0.25, -0.2) is 4.79 Å². The van der Waals surface area contributed by atoms with Crippen LogP contribution in [0.1, 0.15) is 50.5 Å². The lowest BCUT2D eigenvalue weighted by Gasteiger charge is -2.38. The Morgan fingerprint density at radius 1 is 1.19 bits per heavy atom. The average molecular weight is 428 g/mol. The molecule has 0 bridgehead atoms. The summed E-state index contributed by atoms with van der Waals surface area (Å²) < 4.78 is 10.9. The molecule has 2 fully saturated rings. The van der Waals surface area contributed by atoms with Gasteiger partial charge in [0.05, 0.1) is 19.6 Å². The van der Waals surface area contributed by atoms with Crippen LogP contribution in [0.2, 0.25) is 0 Å². The first kappa shape index (κ1) is 23.1. The van der Waals surface area contributed by atoms with Gasteiger partial charge in [0.15, 0.2) is 0 Å². The molecule has 31 heavy (non-hydrogen) atoms. The van der Waals surface area contributed by atoms with Crippen molar-refractivity contribution in [2.75, 3.05) is 26.3 Å². The fraction of sp³-hybridized carbons (Fsp3) is 0.625. The first-order valence-electron chi connectivity index (χ1n) is 11.3. The van der Waals surface area contributed by atoms with Crippen LogP contribution in [-0.4, -0.2) is 48.8 Å². The summed E-state index contributed by atoms with van der Waals surface area (Å²) in [6, 6.07) is 12.1. The summed E-state index contributed by atoms with van der Waals surface area (Å²) in [7, 11) is 0. The number of primary amides is 1. The van der Waals surface area contributed by atoms with Gasteiger partial charge in [-0.05, 0) is 24.3 Å². The average Bonchev–Trinajstić information content (AvgIpc) is 2.80. The van der Waals surface area contributed by atoms with E-state index in [0.29, 0.717) is 38.6 Å². The number of nitriles is 1. The third-order valence-electron chi connectivity index (χ3n) is 6.58. The van der Waals surface area contributed by atoms with Crippen molar-refractivity contribution in [2.24, 2.45) is 17.6 Å². The second kappa shape index (κ2) is 11.1. The molecule has 1 heterocycles. The highest BCUT2D eigenvalue weighted by Crippen LogP contribution is 2.38. The van der Waals surface area contributed by atoms with Crippen LogP contribution in [0.25, 0.3) is 0 Å². The smallest absolute Gasteiger partial charge is 0.406 e. The molecule has 1 aliphatic heterocycles. The Hall–Kier alpha value is -2.59. The summed E-state index contributed by atoms with van der Waals surface area (Å²) >= 11 is 0. The second-order valence-corrected chi connectivity index (χ2v) is 8.72. The van der Waals surface area contributed by atoms with E-state index in [1.807, 2.05) is 30.3 Å². The highest BCUT2D eigenvalue weighted by atomic mass is 16.6. The zero-order valence-electron chi connectivity index (χ0n) is 18.1. The number of carbonyl (C=O) groups is 2. The standard InChI is InChI=1S/C24H33N3O4/c25-18-24(31-23(26)29,17-22(28)27-11-13-30-14-12-27)21(15-19-7-3-1-4-8-19)16-20-9-5-2-6-10-20/h1,3-4,7-8,20-21H,2,5-6,9-17H2,(H2,26,29)/t21?,24-/m1/s1. The molecular formula is C24H33N3O4. The highest BCUT2D eigenvalue weighted by Gasteiger charge is 2.46. The summed E-state index contributed by atoms with van der Waals surface area (Å²) in [4.78, 5) is 26.7. The Labute approximate surface area is 184 Å². The van der Waals surface area contributed by atoms with E-state index in [1.54, 1.807) is 4.90 Å². The number of hydrogen-bond acceptors (Lipinski definition) is 5. The second-order valence-electron chi connectivity index (χ2n) is 8.72. The third-order valence-corrected chi connectivity index (χ3v) is 6.58. The molecule has 2 atom stereocenters. The predicted molar refractivity (Wildman–Crippen MR) is 116 cm³/mol. The van der Waals surface area contributed by atoms with E-state index < -0.39 is 11.7 Å². The molecule has 2 amide bonds. The van der Waals surface area contributed by atoms with E-state index in [0.717, 1.165) is 24.8 Å². The molecule has 1 unspecified atom stereocenters. The Balaban J connectivity index is 1.88. The van der Waals surface area contributed by atoms with Crippen molar-refractivity contribution in [3.63, 3.8) is 0 Å². The van der Waals surface area contributed by atoms with Crippen LogP contribution in [0.5, 0.6) is 0 Å². The molecule has 3 rings (SSSR count). The maximum Gasteiger partial charge on any atom is 0.406 e. The number of benzene rings is 1.